The summed E-state index contributed by atoms with van der Waals surface area (Å²) in [6.45, 7) is 5.02. The minimum Gasteiger partial charge on any atom is -0.343 e. The predicted molar refractivity (Wildman–Crippen MR) is 55.9 cm³/mol. The predicted octanol–water partition coefficient (Wildman–Crippen LogP) is 0.629. The Labute approximate surface area is 89.6 Å². The second-order valence-electron chi connectivity index (χ2n) is 4.34. The zero-order valence-electron chi connectivity index (χ0n) is 9.09. The molecule has 0 spiro atoms. The molecule has 1 saturated heterocycles. The van der Waals surface area contributed by atoms with Crippen molar-refractivity contribution < 1.29 is 4.52 Å². The first-order chi connectivity index (χ1) is 7.25. The lowest BCUT2D eigenvalue weighted by atomic mass is 9.92. The Kier molecular flexibility index (Phi) is 3.33. The molecule has 15 heavy (non-hydrogen) atoms. The molecule has 1 aliphatic heterocycles. The lowest BCUT2D eigenvalue weighted by Gasteiger charge is -2.33. The number of likely N-dealkylation sites (tertiary alicyclic amines) is 1. The third-order valence-corrected chi connectivity index (χ3v) is 3.06. The molecule has 0 amide bonds. The van der Waals surface area contributed by atoms with E-state index >= 15 is 0 Å². The molecule has 1 fully saturated rings. The van der Waals surface area contributed by atoms with Crippen LogP contribution >= 0.6 is 0 Å². The molecule has 0 aliphatic carbocycles. The van der Waals surface area contributed by atoms with Gasteiger partial charge in [0.15, 0.2) is 5.82 Å². The molecule has 2 heterocycles. The zero-order chi connectivity index (χ0) is 10.7. The molecular weight excluding hydrogens is 192 g/mol. The molecule has 2 unspecified atom stereocenters. The fourth-order valence-electron chi connectivity index (χ4n) is 2.13. The van der Waals surface area contributed by atoms with Gasteiger partial charge in [-0.05, 0) is 32.2 Å². The average Bonchev–Trinajstić information content (AvgIpc) is 2.71. The Balaban J connectivity index is 1.88. The first kappa shape index (κ1) is 10.6. The van der Waals surface area contributed by atoms with E-state index in [-0.39, 0.29) is 6.04 Å². The van der Waals surface area contributed by atoms with Crippen LogP contribution in [0.2, 0.25) is 0 Å². The van der Waals surface area contributed by atoms with Gasteiger partial charge in [0.1, 0.15) is 0 Å². The second kappa shape index (κ2) is 4.72. The summed E-state index contributed by atoms with van der Waals surface area (Å²) in [5, 5.41) is 3.82. The van der Waals surface area contributed by atoms with Gasteiger partial charge in [0, 0.05) is 12.6 Å². The number of piperidine rings is 1. The maximum atomic E-state index is 5.93. The number of nitrogens with two attached hydrogens (primary N) is 1. The zero-order valence-corrected chi connectivity index (χ0v) is 9.09. The van der Waals surface area contributed by atoms with Gasteiger partial charge in [-0.1, -0.05) is 5.16 Å². The van der Waals surface area contributed by atoms with Crippen molar-refractivity contribution in [1.82, 2.24) is 15.0 Å². The van der Waals surface area contributed by atoms with Gasteiger partial charge in [0.25, 0.3) is 0 Å². The van der Waals surface area contributed by atoms with Crippen LogP contribution in [0.3, 0.4) is 0 Å². The quantitative estimate of drug-likeness (QED) is 0.792. The summed E-state index contributed by atoms with van der Waals surface area (Å²) in [5.74, 6) is 1.37. The fourth-order valence-corrected chi connectivity index (χ4v) is 2.13. The van der Waals surface area contributed by atoms with Crippen LogP contribution in [-0.4, -0.2) is 34.2 Å². The summed E-state index contributed by atoms with van der Waals surface area (Å²) in [6.07, 6.45) is 3.83. The second-order valence-corrected chi connectivity index (χ2v) is 4.34. The van der Waals surface area contributed by atoms with Gasteiger partial charge in [0.2, 0.25) is 6.39 Å². The number of hydrogen-bond acceptors (Lipinski definition) is 5. The molecule has 0 aromatic carbocycles. The number of hydrogen-bond donors (Lipinski definition) is 1. The van der Waals surface area contributed by atoms with Crippen molar-refractivity contribution in [2.24, 2.45) is 11.7 Å². The standard InChI is InChI=1S/C10H18N4O/c1-8(11)9-3-2-4-14(5-9)6-10-12-7-15-13-10/h7-9H,2-6,11H2,1H3. The van der Waals surface area contributed by atoms with E-state index in [1.807, 2.05) is 0 Å². The Morgan fingerprint density at radius 3 is 3.27 bits per heavy atom. The maximum absolute atomic E-state index is 5.93. The Morgan fingerprint density at radius 1 is 1.73 bits per heavy atom. The molecule has 0 bridgehead atoms. The van der Waals surface area contributed by atoms with Gasteiger partial charge in [-0.25, -0.2) is 0 Å². The maximum Gasteiger partial charge on any atom is 0.213 e. The largest absolute Gasteiger partial charge is 0.343 e. The molecule has 1 aliphatic rings. The molecule has 5 heteroatoms. The Morgan fingerprint density at radius 2 is 2.60 bits per heavy atom. The van der Waals surface area contributed by atoms with Crippen LogP contribution in [0.4, 0.5) is 0 Å². The van der Waals surface area contributed by atoms with Crippen molar-refractivity contribution in [2.45, 2.75) is 32.4 Å². The molecule has 1 aromatic rings. The normalized spacial score (nSPS) is 25.3. The number of nitrogens with zero attached hydrogens (tertiary/aromatic N) is 3. The molecule has 2 atom stereocenters. The highest BCUT2D eigenvalue weighted by molar-refractivity contribution is 4.83. The minimum atomic E-state index is 0.276. The van der Waals surface area contributed by atoms with Gasteiger partial charge in [-0.3, -0.25) is 4.90 Å². The van der Waals surface area contributed by atoms with E-state index in [0.717, 1.165) is 25.5 Å². The van der Waals surface area contributed by atoms with Gasteiger partial charge in [-0.15, -0.1) is 0 Å². The smallest absolute Gasteiger partial charge is 0.213 e. The van der Waals surface area contributed by atoms with Crippen LogP contribution < -0.4 is 5.73 Å². The summed E-state index contributed by atoms with van der Waals surface area (Å²) >= 11 is 0. The van der Waals surface area contributed by atoms with Crippen molar-refractivity contribution in [2.75, 3.05) is 13.1 Å². The number of aromatic nitrogens is 2. The molecule has 2 N–H and O–H groups in total. The summed E-state index contributed by atoms with van der Waals surface area (Å²) in [7, 11) is 0. The van der Waals surface area contributed by atoms with E-state index in [9.17, 15) is 0 Å². The Hall–Kier alpha value is -0.940. The van der Waals surface area contributed by atoms with Crippen molar-refractivity contribution in [1.29, 1.82) is 0 Å². The van der Waals surface area contributed by atoms with Crippen LogP contribution in [0, 0.1) is 5.92 Å². The van der Waals surface area contributed by atoms with Crippen LogP contribution in [0.1, 0.15) is 25.6 Å². The Bertz CT molecular complexity index is 286. The van der Waals surface area contributed by atoms with Gasteiger partial charge < -0.3 is 10.3 Å². The average molecular weight is 210 g/mol. The van der Waals surface area contributed by atoms with E-state index in [1.54, 1.807) is 0 Å². The highest BCUT2D eigenvalue weighted by atomic mass is 16.5. The summed E-state index contributed by atoms with van der Waals surface area (Å²) < 4.78 is 4.72. The minimum absolute atomic E-state index is 0.276. The monoisotopic (exact) mass is 210 g/mol. The topological polar surface area (TPSA) is 68.2 Å². The summed E-state index contributed by atoms with van der Waals surface area (Å²) in [5.41, 5.74) is 5.93. The van der Waals surface area contributed by atoms with Gasteiger partial charge in [-0.2, -0.15) is 4.98 Å². The van der Waals surface area contributed by atoms with Gasteiger partial charge >= 0.3 is 0 Å². The highest BCUT2D eigenvalue weighted by Crippen LogP contribution is 2.19. The SMILES string of the molecule is CC(N)C1CCCN(Cc2ncon2)C1. The van der Waals surface area contributed by atoms with Gasteiger partial charge in [0.05, 0.1) is 6.54 Å². The summed E-state index contributed by atoms with van der Waals surface area (Å²) in [4.78, 5) is 6.38. The summed E-state index contributed by atoms with van der Waals surface area (Å²) in [6, 6.07) is 0.276. The first-order valence-corrected chi connectivity index (χ1v) is 5.49. The van der Waals surface area contributed by atoms with E-state index in [1.165, 1.54) is 19.2 Å². The van der Waals surface area contributed by atoms with E-state index in [0.29, 0.717) is 5.92 Å². The lowest BCUT2D eigenvalue weighted by molar-refractivity contribution is 0.150. The third-order valence-electron chi connectivity index (χ3n) is 3.06. The molecular formula is C10H18N4O. The van der Waals surface area contributed by atoms with E-state index < -0.39 is 0 Å². The molecule has 5 nitrogen and oxygen atoms in total. The molecule has 2 rings (SSSR count). The lowest BCUT2D eigenvalue weighted by Crippen LogP contribution is -2.42. The molecule has 1 aromatic heterocycles. The molecule has 0 radical (unpaired) electrons. The van der Waals surface area contributed by atoms with Crippen LogP contribution in [0.25, 0.3) is 0 Å². The fraction of sp³-hybridized carbons (Fsp3) is 0.800. The van der Waals surface area contributed by atoms with Crippen LogP contribution in [-0.2, 0) is 6.54 Å². The highest BCUT2D eigenvalue weighted by Gasteiger charge is 2.23. The van der Waals surface area contributed by atoms with Crippen molar-refractivity contribution in [3.63, 3.8) is 0 Å². The van der Waals surface area contributed by atoms with E-state index in [4.69, 9.17) is 10.3 Å². The molecule has 0 saturated carbocycles. The number of rotatable bonds is 3. The van der Waals surface area contributed by atoms with Crippen LogP contribution in [0.5, 0.6) is 0 Å². The van der Waals surface area contributed by atoms with Crippen molar-refractivity contribution in [3.05, 3.63) is 12.2 Å². The van der Waals surface area contributed by atoms with Crippen molar-refractivity contribution >= 4 is 0 Å². The van der Waals surface area contributed by atoms with E-state index in [2.05, 4.69) is 22.0 Å². The van der Waals surface area contributed by atoms with Crippen LogP contribution in [0.15, 0.2) is 10.9 Å². The van der Waals surface area contributed by atoms with Crippen molar-refractivity contribution in [3.8, 4) is 0 Å². The third kappa shape index (κ3) is 2.76. The molecule has 84 valence electrons. The first-order valence-electron chi connectivity index (χ1n) is 5.49.